The predicted molar refractivity (Wildman–Crippen MR) is 77.3 cm³/mol. The maximum absolute atomic E-state index is 10.1. The lowest BCUT2D eigenvalue weighted by Gasteiger charge is -2.27. The Bertz CT molecular complexity index is 395. The van der Waals surface area contributed by atoms with Crippen LogP contribution in [0.4, 0.5) is 0 Å². The lowest BCUT2D eigenvalue weighted by molar-refractivity contribution is 0.0336. The molecular weight excluding hydrogens is 271 g/mol. The number of hydrogen-bond acceptors (Lipinski definition) is 3. The van der Waals surface area contributed by atoms with Gasteiger partial charge < -0.3 is 15.3 Å². The zero-order valence-electron chi connectivity index (χ0n) is 11.0. The highest BCUT2D eigenvalue weighted by atomic mass is 35.5. The highest BCUT2D eigenvalue weighted by Gasteiger charge is 2.20. The summed E-state index contributed by atoms with van der Waals surface area (Å²) in [5, 5.41) is 14.4. The van der Waals surface area contributed by atoms with Gasteiger partial charge in [0, 0.05) is 19.6 Å². The SMILES string of the molecule is CN(C)CC(C)(O)CNCc1ccc(Cl)c(Cl)c1. The Morgan fingerprint density at radius 3 is 2.50 bits per heavy atom. The number of benzene rings is 1. The molecule has 1 aromatic carbocycles. The highest BCUT2D eigenvalue weighted by Crippen LogP contribution is 2.22. The van der Waals surface area contributed by atoms with Gasteiger partial charge in [0.15, 0.2) is 0 Å². The Balaban J connectivity index is 2.43. The zero-order valence-corrected chi connectivity index (χ0v) is 12.5. The van der Waals surface area contributed by atoms with E-state index in [2.05, 4.69) is 5.32 Å². The molecule has 0 aliphatic rings. The fourth-order valence-corrected chi connectivity index (χ4v) is 2.18. The first-order valence-electron chi connectivity index (χ1n) is 5.82. The fourth-order valence-electron chi connectivity index (χ4n) is 1.86. The molecule has 0 amide bonds. The summed E-state index contributed by atoms with van der Waals surface area (Å²) in [5.41, 5.74) is 0.296. The summed E-state index contributed by atoms with van der Waals surface area (Å²) in [6, 6.07) is 5.53. The van der Waals surface area contributed by atoms with Crippen LogP contribution in [-0.4, -0.2) is 42.8 Å². The zero-order chi connectivity index (χ0) is 13.8. The largest absolute Gasteiger partial charge is 0.388 e. The van der Waals surface area contributed by atoms with Gasteiger partial charge >= 0.3 is 0 Å². The van der Waals surface area contributed by atoms with Gasteiger partial charge in [-0.3, -0.25) is 0 Å². The number of nitrogens with one attached hydrogen (secondary N) is 1. The van der Waals surface area contributed by atoms with E-state index in [-0.39, 0.29) is 0 Å². The molecule has 1 atom stereocenters. The number of likely N-dealkylation sites (N-methyl/N-ethyl adjacent to an activating group) is 1. The summed E-state index contributed by atoms with van der Waals surface area (Å²) in [4.78, 5) is 1.96. The molecule has 0 heterocycles. The molecule has 1 rings (SSSR count). The minimum Gasteiger partial charge on any atom is -0.388 e. The topological polar surface area (TPSA) is 35.5 Å². The van der Waals surface area contributed by atoms with Crippen molar-refractivity contribution in [2.45, 2.75) is 19.1 Å². The van der Waals surface area contributed by atoms with Crippen LogP contribution < -0.4 is 5.32 Å². The summed E-state index contributed by atoms with van der Waals surface area (Å²) >= 11 is 11.8. The number of rotatable bonds is 6. The van der Waals surface area contributed by atoms with Crippen molar-refractivity contribution in [3.63, 3.8) is 0 Å². The van der Waals surface area contributed by atoms with Gasteiger partial charge in [0.05, 0.1) is 15.6 Å². The molecule has 18 heavy (non-hydrogen) atoms. The van der Waals surface area contributed by atoms with Crippen LogP contribution in [0.2, 0.25) is 10.0 Å². The standard InChI is InChI=1S/C13H20Cl2N2O/c1-13(18,9-17(2)3)8-16-7-10-4-5-11(14)12(15)6-10/h4-6,16,18H,7-9H2,1-3H3. The smallest absolute Gasteiger partial charge is 0.0869 e. The van der Waals surface area contributed by atoms with E-state index in [9.17, 15) is 5.11 Å². The van der Waals surface area contributed by atoms with E-state index in [1.54, 1.807) is 6.07 Å². The van der Waals surface area contributed by atoms with Crippen molar-refractivity contribution in [2.24, 2.45) is 0 Å². The van der Waals surface area contributed by atoms with Crippen LogP contribution in [0.15, 0.2) is 18.2 Å². The average molecular weight is 291 g/mol. The van der Waals surface area contributed by atoms with E-state index in [0.717, 1.165) is 5.56 Å². The average Bonchev–Trinajstić information content (AvgIpc) is 2.21. The van der Waals surface area contributed by atoms with E-state index in [4.69, 9.17) is 23.2 Å². The summed E-state index contributed by atoms with van der Waals surface area (Å²) in [6.07, 6.45) is 0. The molecule has 0 saturated carbocycles. The third-order valence-corrected chi connectivity index (χ3v) is 3.21. The number of aliphatic hydroxyl groups is 1. The minimum absolute atomic E-state index is 0.519. The Morgan fingerprint density at radius 1 is 1.28 bits per heavy atom. The van der Waals surface area contributed by atoms with Crippen LogP contribution in [0.1, 0.15) is 12.5 Å². The third-order valence-electron chi connectivity index (χ3n) is 2.48. The molecule has 0 aromatic heterocycles. The molecule has 2 N–H and O–H groups in total. The molecule has 0 bridgehead atoms. The normalized spacial score (nSPS) is 14.8. The van der Waals surface area contributed by atoms with E-state index in [1.165, 1.54) is 0 Å². The highest BCUT2D eigenvalue weighted by molar-refractivity contribution is 6.42. The number of halogens is 2. The molecule has 5 heteroatoms. The lowest BCUT2D eigenvalue weighted by Crippen LogP contribution is -2.45. The molecular formula is C13H20Cl2N2O. The first kappa shape index (κ1) is 15.7. The third kappa shape index (κ3) is 5.55. The molecule has 1 unspecified atom stereocenters. The molecule has 3 nitrogen and oxygen atoms in total. The Kier molecular flexibility index (Phi) is 5.89. The van der Waals surface area contributed by atoms with Crippen molar-refractivity contribution < 1.29 is 5.11 Å². The first-order valence-corrected chi connectivity index (χ1v) is 6.57. The van der Waals surface area contributed by atoms with Crippen LogP contribution in [0.3, 0.4) is 0 Å². The van der Waals surface area contributed by atoms with Crippen molar-refractivity contribution in [1.82, 2.24) is 10.2 Å². The van der Waals surface area contributed by atoms with Gasteiger partial charge in [-0.1, -0.05) is 29.3 Å². The van der Waals surface area contributed by atoms with Crippen molar-refractivity contribution in [2.75, 3.05) is 27.2 Å². The van der Waals surface area contributed by atoms with Gasteiger partial charge in [-0.05, 0) is 38.7 Å². The molecule has 102 valence electrons. The fraction of sp³-hybridized carbons (Fsp3) is 0.538. The molecule has 0 fully saturated rings. The van der Waals surface area contributed by atoms with E-state index in [0.29, 0.717) is 29.7 Å². The van der Waals surface area contributed by atoms with Crippen molar-refractivity contribution in [1.29, 1.82) is 0 Å². The van der Waals surface area contributed by atoms with Gasteiger partial charge in [0.25, 0.3) is 0 Å². The molecule has 1 aromatic rings. The van der Waals surface area contributed by atoms with Crippen LogP contribution >= 0.6 is 23.2 Å². The van der Waals surface area contributed by atoms with Gasteiger partial charge in [-0.25, -0.2) is 0 Å². The number of nitrogens with zero attached hydrogens (tertiary/aromatic N) is 1. The van der Waals surface area contributed by atoms with E-state index >= 15 is 0 Å². The van der Waals surface area contributed by atoms with Gasteiger partial charge in [-0.2, -0.15) is 0 Å². The molecule has 0 aliphatic heterocycles. The number of hydrogen-bond donors (Lipinski definition) is 2. The van der Waals surface area contributed by atoms with Crippen molar-refractivity contribution in [3.05, 3.63) is 33.8 Å². The van der Waals surface area contributed by atoms with Crippen molar-refractivity contribution in [3.8, 4) is 0 Å². The van der Waals surface area contributed by atoms with Crippen LogP contribution in [0.5, 0.6) is 0 Å². The van der Waals surface area contributed by atoms with Gasteiger partial charge in [0.1, 0.15) is 0 Å². The van der Waals surface area contributed by atoms with Crippen LogP contribution in [-0.2, 0) is 6.54 Å². The van der Waals surface area contributed by atoms with E-state index < -0.39 is 5.60 Å². The predicted octanol–water partition coefficient (Wildman–Crippen LogP) is 2.40. The second-order valence-corrected chi connectivity index (χ2v) is 5.90. The molecule has 0 saturated heterocycles. The summed E-state index contributed by atoms with van der Waals surface area (Å²) in [5.74, 6) is 0. The Hall–Kier alpha value is -0.320. The van der Waals surface area contributed by atoms with Crippen LogP contribution in [0, 0.1) is 0 Å². The van der Waals surface area contributed by atoms with Crippen LogP contribution in [0.25, 0.3) is 0 Å². The minimum atomic E-state index is -0.750. The van der Waals surface area contributed by atoms with E-state index in [1.807, 2.05) is 38.1 Å². The van der Waals surface area contributed by atoms with Crippen molar-refractivity contribution >= 4 is 23.2 Å². The maximum Gasteiger partial charge on any atom is 0.0869 e. The molecule has 0 radical (unpaired) electrons. The lowest BCUT2D eigenvalue weighted by atomic mass is 10.1. The molecule has 0 spiro atoms. The molecule has 0 aliphatic carbocycles. The Labute approximate surface area is 119 Å². The summed E-state index contributed by atoms with van der Waals surface area (Å²) < 4.78 is 0. The first-order chi connectivity index (χ1) is 8.30. The van der Waals surface area contributed by atoms with Gasteiger partial charge in [0.2, 0.25) is 0 Å². The van der Waals surface area contributed by atoms with Gasteiger partial charge in [-0.15, -0.1) is 0 Å². The summed E-state index contributed by atoms with van der Waals surface area (Å²) in [6.45, 7) is 3.60. The second kappa shape index (κ2) is 6.73. The Morgan fingerprint density at radius 2 is 1.94 bits per heavy atom. The second-order valence-electron chi connectivity index (χ2n) is 5.09. The maximum atomic E-state index is 10.1. The summed E-state index contributed by atoms with van der Waals surface area (Å²) in [7, 11) is 3.88. The quantitative estimate of drug-likeness (QED) is 0.845. The monoisotopic (exact) mass is 290 g/mol.